The summed E-state index contributed by atoms with van der Waals surface area (Å²) in [6.07, 6.45) is 7.95. The largest absolute Gasteiger partial charge is 0.469 e. The molecule has 6 nitrogen and oxygen atoms in total. The van der Waals surface area contributed by atoms with Crippen molar-refractivity contribution >= 4 is 5.97 Å². The number of aliphatic hydroxyl groups excluding tert-OH is 1. The number of hydrogen-bond donors (Lipinski definition) is 1. The highest BCUT2D eigenvalue weighted by molar-refractivity contribution is 5.69. The minimum absolute atomic E-state index is 0.0109. The topological polar surface area (TPSA) is 77.5 Å². The van der Waals surface area contributed by atoms with Crippen LogP contribution in [-0.4, -0.2) is 61.4 Å². The number of carbonyl (C=O) groups excluding carboxylic acids is 1. The Kier molecular flexibility index (Phi) is 10.2. The van der Waals surface area contributed by atoms with Crippen LogP contribution in [0, 0.1) is 23.7 Å². The van der Waals surface area contributed by atoms with Crippen LogP contribution < -0.4 is 0 Å². The van der Waals surface area contributed by atoms with E-state index in [-0.39, 0.29) is 41.9 Å². The first-order valence-corrected chi connectivity index (χ1v) is 12.4. The third-order valence-corrected chi connectivity index (χ3v) is 7.47. The molecule has 6 heteroatoms. The first-order valence-electron chi connectivity index (χ1n) is 12.4. The second-order valence-electron chi connectivity index (χ2n) is 10.7. The molecule has 0 aromatic heterocycles. The van der Waals surface area contributed by atoms with Gasteiger partial charge in [0.15, 0.2) is 0 Å². The van der Waals surface area contributed by atoms with Gasteiger partial charge in [-0.2, -0.15) is 0 Å². The maximum Gasteiger partial charge on any atom is 0.308 e. The average Bonchev–Trinajstić information content (AvgIpc) is 3.40. The normalized spacial score (nSPS) is 36.3. The molecule has 2 rings (SSSR count). The lowest BCUT2D eigenvalue weighted by Crippen LogP contribution is -2.41. The van der Waals surface area contributed by atoms with Gasteiger partial charge in [0.2, 0.25) is 0 Å². The minimum Gasteiger partial charge on any atom is -0.469 e. The summed E-state index contributed by atoms with van der Waals surface area (Å²) >= 11 is 0. The predicted molar refractivity (Wildman–Crippen MR) is 130 cm³/mol. The van der Waals surface area contributed by atoms with Crippen LogP contribution in [0.25, 0.3) is 0 Å². The van der Waals surface area contributed by atoms with Crippen LogP contribution in [0.4, 0.5) is 0 Å². The first-order chi connectivity index (χ1) is 15.4. The molecule has 1 unspecified atom stereocenters. The third kappa shape index (κ3) is 7.38. The van der Waals surface area contributed by atoms with Crippen molar-refractivity contribution in [2.45, 2.75) is 104 Å². The number of methoxy groups -OCH3 is 2. The number of ether oxygens (including phenoxy) is 4. The van der Waals surface area contributed by atoms with Crippen LogP contribution in [0.3, 0.4) is 0 Å². The lowest BCUT2D eigenvalue weighted by atomic mass is 9.82. The molecule has 0 bridgehead atoms. The monoisotopic (exact) mass is 466 g/mol. The Bertz CT molecular complexity index is 701. The fraction of sp³-hybridized carbons (Fsp3) is 0.815. The van der Waals surface area contributed by atoms with E-state index in [0.717, 1.165) is 12.8 Å². The van der Waals surface area contributed by atoms with Crippen molar-refractivity contribution < 1.29 is 28.8 Å². The second kappa shape index (κ2) is 12.0. The fourth-order valence-corrected chi connectivity index (χ4v) is 5.68. The van der Waals surface area contributed by atoms with Crippen LogP contribution in [0.15, 0.2) is 23.8 Å². The summed E-state index contributed by atoms with van der Waals surface area (Å²) in [7, 11) is 3.06. The second-order valence-corrected chi connectivity index (χ2v) is 10.7. The smallest absolute Gasteiger partial charge is 0.308 e. The predicted octanol–water partition coefficient (Wildman–Crippen LogP) is 4.70. The van der Waals surface area contributed by atoms with E-state index in [1.54, 1.807) is 14.0 Å². The molecule has 0 aliphatic carbocycles. The molecule has 2 aliphatic heterocycles. The van der Waals surface area contributed by atoms with Crippen molar-refractivity contribution in [1.29, 1.82) is 0 Å². The summed E-state index contributed by atoms with van der Waals surface area (Å²) < 4.78 is 22.7. The standard InChI is InChI=1S/C27H46O6/c1-16(15-27(7)26(33-27)20(5)25(31-9)21(6)28)11-10-12-17(2)24-19(4)13-18(3)22(32-24)14-23(29)30-8/h10-12,16,18-22,24-26,28H,13-15H2,1-9H3/b11-10+,17-12+/t16-,18-,19+,20-,21-,22+,24-,25?,26-,27-/m1/s1. The number of allylic oxidation sites excluding steroid dienone is 3. The molecule has 2 aliphatic rings. The fourth-order valence-electron chi connectivity index (χ4n) is 5.68. The van der Waals surface area contributed by atoms with Crippen LogP contribution in [-0.2, 0) is 23.7 Å². The van der Waals surface area contributed by atoms with Crippen LogP contribution >= 0.6 is 0 Å². The molecule has 190 valence electrons. The van der Waals surface area contributed by atoms with Gasteiger partial charge in [0.1, 0.15) is 0 Å². The summed E-state index contributed by atoms with van der Waals surface area (Å²) in [5.74, 6) is 0.993. The molecule has 10 atom stereocenters. The van der Waals surface area contributed by atoms with E-state index < -0.39 is 6.10 Å². The molecule has 0 amide bonds. The third-order valence-electron chi connectivity index (χ3n) is 7.47. The molecule has 0 aromatic rings. The highest BCUT2D eigenvalue weighted by Gasteiger charge is 2.56. The highest BCUT2D eigenvalue weighted by atomic mass is 16.6. The van der Waals surface area contributed by atoms with Crippen LogP contribution in [0.5, 0.6) is 0 Å². The maximum atomic E-state index is 11.7. The number of epoxide rings is 1. The molecular weight excluding hydrogens is 420 g/mol. The van der Waals surface area contributed by atoms with Gasteiger partial charge in [0, 0.05) is 13.0 Å². The van der Waals surface area contributed by atoms with Gasteiger partial charge in [-0.05, 0) is 56.9 Å². The summed E-state index contributed by atoms with van der Waals surface area (Å²) in [5.41, 5.74) is 0.985. The molecule has 0 saturated carbocycles. The van der Waals surface area contributed by atoms with Gasteiger partial charge >= 0.3 is 5.97 Å². The van der Waals surface area contributed by atoms with Gasteiger partial charge in [-0.3, -0.25) is 4.79 Å². The minimum atomic E-state index is -0.525. The molecule has 33 heavy (non-hydrogen) atoms. The molecule has 0 aromatic carbocycles. The van der Waals surface area contributed by atoms with Gasteiger partial charge < -0.3 is 24.1 Å². The Morgan fingerprint density at radius 1 is 1.21 bits per heavy atom. The first kappa shape index (κ1) is 28.0. The number of esters is 1. The molecule has 2 fully saturated rings. The van der Waals surface area contributed by atoms with E-state index in [2.05, 4.69) is 59.8 Å². The Labute approximate surface area is 200 Å². The Hall–Kier alpha value is -1.21. The van der Waals surface area contributed by atoms with Crippen molar-refractivity contribution in [3.63, 3.8) is 0 Å². The molecule has 0 radical (unpaired) electrons. The molecule has 2 heterocycles. The van der Waals surface area contributed by atoms with Gasteiger partial charge in [0.25, 0.3) is 0 Å². The Morgan fingerprint density at radius 3 is 2.45 bits per heavy atom. The van der Waals surface area contributed by atoms with E-state index in [9.17, 15) is 9.90 Å². The number of hydrogen-bond acceptors (Lipinski definition) is 6. The van der Waals surface area contributed by atoms with E-state index in [1.807, 2.05) is 0 Å². The van der Waals surface area contributed by atoms with Crippen molar-refractivity contribution in [3.05, 3.63) is 23.8 Å². The van der Waals surface area contributed by atoms with Crippen LogP contribution in [0.2, 0.25) is 0 Å². The zero-order chi connectivity index (χ0) is 24.9. The number of rotatable bonds is 11. The molecule has 2 saturated heterocycles. The lowest BCUT2D eigenvalue weighted by molar-refractivity contribution is -0.150. The van der Waals surface area contributed by atoms with E-state index in [0.29, 0.717) is 24.2 Å². The van der Waals surface area contributed by atoms with Gasteiger partial charge in [-0.1, -0.05) is 45.9 Å². The summed E-state index contributed by atoms with van der Waals surface area (Å²) in [6.45, 7) is 14.7. The van der Waals surface area contributed by atoms with E-state index in [4.69, 9.17) is 18.9 Å². The number of aliphatic hydroxyl groups is 1. The van der Waals surface area contributed by atoms with E-state index >= 15 is 0 Å². The van der Waals surface area contributed by atoms with Crippen molar-refractivity contribution in [3.8, 4) is 0 Å². The van der Waals surface area contributed by atoms with Gasteiger partial charge in [0.05, 0.1) is 49.7 Å². The number of carbonyl (C=O) groups is 1. The summed E-state index contributed by atoms with van der Waals surface area (Å²) in [5, 5.41) is 9.96. The Balaban J connectivity index is 1.92. The van der Waals surface area contributed by atoms with Crippen molar-refractivity contribution in [2.75, 3.05) is 14.2 Å². The summed E-state index contributed by atoms with van der Waals surface area (Å²) in [4.78, 5) is 11.7. The molecular formula is C27H46O6. The molecule has 1 N–H and O–H groups in total. The van der Waals surface area contributed by atoms with Crippen molar-refractivity contribution in [1.82, 2.24) is 0 Å². The maximum absolute atomic E-state index is 11.7. The van der Waals surface area contributed by atoms with Gasteiger partial charge in [-0.15, -0.1) is 0 Å². The zero-order valence-electron chi connectivity index (χ0n) is 22.0. The summed E-state index contributed by atoms with van der Waals surface area (Å²) in [6, 6.07) is 0. The van der Waals surface area contributed by atoms with E-state index in [1.165, 1.54) is 12.7 Å². The lowest BCUT2D eigenvalue weighted by Gasteiger charge is -2.39. The van der Waals surface area contributed by atoms with Crippen molar-refractivity contribution in [2.24, 2.45) is 23.7 Å². The zero-order valence-corrected chi connectivity index (χ0v) is 22.0. The highest BCUT2D eigenvalue weighted by Crippen LogP contribution is 2.47. The quantitative estimate of drug-likeness (QED) is 0.270. The average molecular weight is 467 g/mol. The SMILES string of the molecule is COC(=O)C[C@@H]1O[C@H](/C(C)=C/C=C/[C@@H](C)C[C@@]2(C)O[C@@H]2[C@H](C)C(OC)[C@@H](C)O)[C@@H](C)C[C@H]1C. The Morgan fingerprint density at radius 2 is 1.88 bits per heavy atom. The molecule has 0 spiro atoms. The van der Waals surface area contributed by atoms with Gasteiger partial charge in [-0.25, -0.2) is 0 Å². The van der Waals surface area contributed by atoms with Crippen LogP contribution in [0.1, 0.15) is 67.7 Å².